The lowest BCUT2D eigenvalue weighted by Gasteiger charge is -2.38. The first-order valence-corrected chi connectivity index (χ1v) is 15.7. The summed E-state index contributed by atoms with van der Waals surface area (Å²) in [5.74, 6) is 1.52. The highest BCUT2D eigenvalue weighted by molar-refractivity contribution is 7.22. The molecule has 3 aliphatic rings. The molecular formula is C31H40FN3O4S. The number of fused-ring (bicyclic) bond motifs is 3. The van der Waals surface area contributed by atoms with Crippen molar-refractivity contribution in [3.05, 3.63) is 40.5 Å². The Hall–Kier alpha value is -2.52. The van der Waals surface area contributed by atoms with Crippen LogP contribution in [0.1, 0.15) is 118 Å². The molecule has 2 bridgehead atoms. The Bertz CT molecular complexity index is 1370. The first-order chi connectivity index (χ1) is 19.2. The molecule has 2 aliphatic heterocycles. The van der Waals surface area contributed by atoms with Crippen LogP contribution in [0.15, 0.2) is 16.7 Å². The molecule has 3 fully saturated rings. The van der Waals surface area contributed by atoms with Crippen LogP contribution in [0.25, 0.3) is 10.2 Å². The van der Waals surface area contributed by atoms with E-state index in [0.717, 1.165) is 54.8 Å². The minimum Gasteiger partial charge on any atom is -0.478 e. The molecule has 2 saturated heterocycles. The summed E-state index contributed by atoms with van der Waals surface area (Å²) >= 11 is 1.39. The maximum absolute atomic E-state index is 14.6. The fourth-order valence-electron chi connectivity index (χ4n) is 6.50. The molecule has 0 radical (unpaired) electrons. The molecule has 40 heavy (non-hydrogen) atoms. The second-order valence-corrected chi connectivity index (χ2v) is 13.7. The van der Waals surface area contributed by atoms with Crippen LogP contribution >= 0.6 is 11.3 Å². The minimum atomic E-state index is -1.13. The topological polar surface area (TPSA) is 88.7 Å². The molecule has 4 atom stereocenters. The highest BCUT2D eigenvalue weighted by Gasteiger charge is 2.43. The highest BCUT2D eigenvalue weighted by Crippen LogP contribution is 2.46. The number of rotatable bonds is 11. The van der Waals surface area contributed by atoms with E-state index in [-0.39, 0.29) is 29.3 Å². The lowest BCUT2D eigenvalue weighted by atomic mass is 9.88. The zero-order chi connectivity index (χ0) is 28.1. The van der Waals surface area contributed by atoms with Crippen LogP contribution in [0.3, 0.4) is 0 Å². The molecule has 7 nitrogen and oxygen atoms in total. The minimum absolute atomic E-state index is 0.0438. The number of halogens is 1. The summed E-state index contributed by atoms with van der Waals surface area (Å²) in [4.78, 5) is 18.3. The van der Waals surface area contributed by atoms with Gasteiger partial charge >= 0.3 is 5.97 Å². The first-order valence-electron chi connectivity index (χ1n) is 14.9. The molecule has 4 heterocycles. The average molecular weight is 570 g/mol. The summed E-state index contributed by atoms with van der Waals surface area (Å²) in [6, 6.07) is 3.15. The van der Waals surface area contributed by atoms with Gasteiger partial charge in [0.1, 0.15) is 11.3 Å². The Labute approximate surface area is 239 Å². The number of piperidine rings is 1. The Kier molecular flexibility index (Phi) is 7.63. The number of aromatic nitrogens is 2. The zero-order valence-electron chi connectivity index (χ0n) is 23.9. The van der Waals surface area contributed by atoms with Gasteiger partial charge in [0.2, 0.25) is 0 Å². The largest absolute Gasteiger partial charge is 0.478 e. The van der Waals surface area contributed by atoms with E-state index in [1.807, 2.05) is 0 Å². The number of aromatic carboxylic acids is 1. The summed E-state index contributed by atoms with van der Waals surface area (Å²) in [5, 5.41) is 14.7. The van der Waals surface area contributed by atoms with Gasteiger partial charge in [-0.15, -0.1) is 0 Å². The molecule has 1 aliphatic carbocycles. The Morgan fingerprint density at radius 1 is 1.15 bits per heavy atom. The van der Waals surface area contributed by atoms with Crippen molar-refractivity contribution in [2.75, 3.05) is 4.90 Å². The van der Waals surface area contributed by atoms with Crippen molar-refractivity contribution < 1.29 is 23.6 Å². The summed E-state index contributed by atoms with van der Waals surface area (Å²) in [7, 11) is 0. The van der Waals surface area contributed by atoms with Gasteiger partial charge in [-0.3, -0.25) is 0 Å². The van der Waals surface area contributed by atoms with Crippen molar-refractivity contribution in [1.82, 2.24) is 10.1 Å². The molecule has 4 unspecified atom stereocenters. The van der Waals surface area contributed by atoms with Crippen molar-refractivity contribution >= 4 is 32.7 Å². The van der Waals surface area contributed by atoms with Gasteiger partial charge in [0, 0.05) is 29.5 Å². The third-order valence-corrected chi connectivity index (χ3v) is 10.5. The smallest absolute Gasteiger partial charge is 0.335 e. The quantitative estimate of drug-likeness (QED) is 0.251. The summed E-state index contributed by atoms with van der Waals surface area (Å²) in [6.45, 7) is 9.73. The SMILES string of the molecule is CC(CCC(C)C(C)C)c1noc(C2CC2)c1COC1CC2CCC(C1)N2c1nc2c(F)cc(C(=O)O)cc2s1. The van der Waals surface area contributed by atoms with Crippen LogP contribution in [0.2, 0.25) is 0 Å². The predicted molar refractivity (Wildman–Crippen MR) is 154 cm³/mol. The number of thiazole rings is 1. The lowest BCUT2D eigenvalue weighted by Crippen LogP contribution is -2.45. The Morgan fingerprint density at radius 3 is 2.52 bits per heavy atom. The molecule has 0 spiro atoms. The molecule has 216 valence electrons. The summed E-state index contributed by atoms with van der Waals surface area (Å²) in [5.41, 5.74) is 2.47. The molecule has 1 N–H and O–H groups in total. The molecule has 6 rings (SSSR count). The monoisotopic (exact) mass is 569 g/mol. The molecular weight excluding hydrogens is 529 g/mol. The maximum Gasteiger partial charge on any atom is 0.335 e. The van der Waals surface area contributed by atoms with E-state index in [0.29, 0.717) is 35.0 Å². The predicted octanol–water partition coefficient (Wildman–Crippen LogP) is 7.89. The number of hydrogen-bond acceptors (Lipinski definition) is 7. The zero-order valence-corrected chi connectivity index (χ0v) is 24.7. The van der Waals surface area contributed by atoms with Gasteiger partial charge in [-0.2, -0.15) is 0 Å². The van der Waals surface area contributed by atoms with Crippen molar-refractivity contribution in [1.29, 1.82) is 0 Å². The van der Waals surface area contributed by atoms with Crippen molar-refractivity contribution in [3.8, 4) is 0 Å². The Balaban J connectivity index is 1.14. The second-order valence-electron chi connectivity index (χ2n) is 12.7. The van der Waals surface area contributed by atoms with Crippen molar-refractivity contribution in [2.45, 2.75) is 116 Å². The van der Waals surface area contributed by atoms with E-state index in [9.17, 15) is 14.3 Å². The van der Waals surface area contributed by atoms with Crippen LogP contribution in [0, 0.1) is 17.7 Å². The average Bonchev–Trinajstić information content (AvgIpc) is 3.42. The fraction of sp³-hybridized carbons (Fsp3) is 0.645. The maximum atomic E-state index is 14.6. The molecule has 1 aromatic carbocycles. The van der Waals surface area contributed by atoms with Crippen LogP contribution in [-0.2, 0) is 11.3 Å². The number of anilines is 1. The van der Waals surface area contributed by atoms with E-state index in [1.165, 1.54) is 42.2 Å². The van der Waals surface area contributed by atoms with Gasteiger partial charge < -0.3 is 19.3 Å². The number of nitrogens with zero attached hydrogens (tertiary/aromatic N) is 3. The van der Waals surface area contributed by atoms with E-state index in [2.05, 4.69) is 42.7 Å². The standard InChI is InChI=1S/C31H40FN3O4S/c1-16(2)17(3)5-6-18(4)27-24(29(39-34-27)19-7-8-19)15-38-23-13-21-9-10-22(14-23)35(21)31-33-28-25(32)11-20(30(36)37)12-26(28)40-31/h11-12,16-19,21-23H,5-10,13-15H2,1-4H3,(H,36,37). The molecule has 0 amide bonds. The van der Waals surface area contributed by atoms with E-state index in [4.69, 9.17) is 9.26 Å². The van der Waals surface area contributed by atoms with Crippen LogP contribution in [0.4, 0.5) is 9.52 Å². The lowest BCUT2D eigenvalue weighted by molar-refractivity contribution is 0.0141. The Morgan fingerprint density at radius 2 is 1.88 bits per heavy atom. The fourth-order valence-corrected chi connectivity index (χ4v) is 7.67. The van der Waals surface area contributed by atoms with Crippen molar-refractivity contribution in [3.63, 3.8) is 0 Å². The molecule has 1 saturated carbocycles. The van der Waals surface area contributed by atoms with Gasteiger partial charge in [-0.25, -0.2) is 14.2 Å². The number of carboxylic acid groups (broad SMARTS) is 1. The summed E-state index contributed by atoms with van der Waals surface area (Å²) in [6.07, 6.45) is 8.67. The molecule has 9 heteroatoms. The van der Waals surface area contributed by atoms with Crippen LogP contribution < -0.4 is 4.90 Å². The summed E-state index contributed by atoms with van der Waals surface area (Å²) < 4.78 is 27.7. The van der Waals surface area contributed by atoms with Crippen LogP contribution in [0.5, 0.6) is 0 Å². The number of carbonyl (C=O) groups is 1. The van der Waals surface area contributed by atoms with Gasteiger partial charge in [0.05, 0.1) is 28.7 Å². The number of ether oxygens (including phenoxy) is 1. The van der Waals surface area contributed by atoms with Gasteiger partial charge in [0.15, 0.2) is 10.9 Å². The van der Waals surface area contributed by atoms with Gasteiger partial charge in [-0.05, 0) is 75.3 Å². The normalized spacial score (nSPS) is 24.2. The van der Waals surface area contributed by atoms with Crippen LogP contribution in [-0.4, -0.2) is 39.4 Å². The number of hydrogen-bond donors (Lipinski definition) is 1. The van der Waals surface area contributed by atoms with E-state index in [1.54, 1.807) is 0 Å². The first kappa shape index (κ1) is 27.6. The molecule has 2 aromatic heterocycles. The third-order valence-electron chi connectivity index (χ3n) is 9.52. The molecule has 3 aromatic rings. The third kappa shape index (κ3) is 5.39. The second kappa shape index (κ2) is 11.0. The van der Waals surface area contributed by atoms with E-state index >= 15 is 0 Å². The van der Waals surface area contributed by atoms with Gasteiger partial charge in [-0.1, -0.05) is 44.2 Å². The number of carboxylic acids is 1. The van der Waals surface area contributed by atoms with Crippen molar-refractivity contribution in [2.24, 2.45) is 11.8 Å². The highest BCUT2D eigenvalue weighted by atomic mass is 32.1. The number of benzene rings is 1. The van der Waals surface area contributed by atoms with Gasteiger partial charge in [0.25, 0.3) is 0 Å². The van der Waals surface area contributed by atoms with E-state index < -0.39 is 11.8 Å².